The molecule has 0 radical (unpaired) electrons. The fourth-order valence-electron chi connectivity index (χ4n) is 5.03. The third-order valence-corrected chi connectivity index (χ3v) is 11.1. The predicted octanol–water partition coefficient (Wildman–Crippen LogP) is 11.4. The molecule has 2 N–H and O–H groups in total. The van der Waals surface area contributed by atoms with Crippen molar-refractivity contribution in [2.24, 2.45) is 16.1 Å². The van der Waals surface area contributed by atoms with Gasteiger partial charge >= 0.3 is 0 Å². The van der Waals surface area contributed by atoms with Crippen LogP contribution in [-0.2, 0) is 0 Å². The van der Waals surface area contributed by atoms with Crippen LogP contribution >= 0.6 is 34.9 Å². The van der Waals surface area contributed by atoms with Gasteiger partial charge in [-0.05, 0) is 49.6 Å². The summed E-state index contributed by atoms with van der Waals surface area (Å²) in [5.41, 5.74) is 8.53. The molecule has 0 saturated carbocycles. The van der Waals surface area contributed by atoms with Crippen LogP contribution in [0.2, 0.25) is 0 Å². The van der Waals surface area contributed by atoms with Crippen LogP contribution in [0, 0.1) is 12.8 Å². The summed E-state index contributed by atoms with van der Waals surface area (Å²) in [5.74, 6) is 4.01. The Balaban J connectivity index is 1.52. The number of nitrogen functional groups attached to an aromatic ring is 1. The van der Waals surface area contributed by atoms with Crippen molar-refractivity contribution in [2.45, 2.75) is 127 Å². The second-order valence-electron chi connectivity index (χ2n) is 11.4. The van der Waals surface area contributed by atoms with Crippen molar-refractivity contribution in [3.05, 3.63) is 23.9 Å². The van der Waals surface area contributed by atoms with Crippen molar-refractivity contribution in [3.8, 4) is 11.4 Å². The first-order valence-electron chi connectivity index (χ1n) is 16.5. The van der Waals surface area contributed by atoms with E-state index in [1.54, 1.807) is 23.6 Å². The van der Waals surface area contributed by atoms with E-state index in [9.17, 15) is 0 Å². The first-order chi connectivity index (χ1) is 21.5. The molecule has 0 saturated heterocycles. The molecule has 2 heterocycles. The van der Waals surface area contributed by atoms with Gasteiger partial charge in [0.2, 0.25) is 0 Å². The summed E-state index contributed by atoms with van der Waals surface area (Å²) < 4.78 is 8.35. The maximum absolute atomic E-state index is 6.53. The minimum Gasteiger partial charge on any atom is -0.494 e. The van der Waals surface area contributed by atoms with Crippen LogP contribution < -0.4 is 10.5 Å². The molecule has 3 aromatic rings. The van der Waals surface area contributed by atoms with E-state index < -0.39 is 0 Å². The fourth-order valence-corrected chi connectivity index (χ4v) is 7.91. The van der Waals surface area contributed by atoms with Gasteiger partial charge in [-0.15, -0.1) is 32.2 Å². The molecule has 0 amide bonds. The Bertz CT molecular complexity index is 1260. The van der Waals surface area contributed by atoms with Gasteiger partial charge in [0.15, 0.2) is 15.8 Å². The van der Waals surface area contributed by atoms with Gasteiger partial charge in [0.05, 0.1) is 12.8 Å². The Kier molecular flexibility index (Phi) is 17.2. The van der Waals surface area contributed by atoms with Crippen molar-refractivity contribution in [2.75, 3.05) is 24.3 Å². The van der Waals surface area contributed by atoms with Crippen molar-refractivity contribution >= 4 is 51.5 Å². The summed E-state index contributed by atoms with van der Waals surface area (Å²) in [6, 6.07) is 6.20. The summed E-state index contributed by atoms with van der Waals surface area (Å²) in [7, 11) is 1.68. The largest absolute Gasteiger partial charge is 0.494 e. The third kappa shape index (κ3) is 12.0. The Hall–Kier alpha value is -2.11. The molecule has 1 atom stereocenters. The Morgan fingerprint density at radius 3 is 2.30 bits per heavy atom. The number of rotatable bonds is 23. The Morgan fingerprint density at radius 1 is 0.909 bits per heavy atom. The lowest BCUT2D eigenvalue weighted by Gasteiger charge is -2.12. The minimum absolute atomic E-state index is 0.413. The van der Waals surface area contributed by atoms with Crippen LogP contribution in [0.3, 0.4) is 0 Å². The van der Waals surface area contributed by atoms with Gasteiger partial charge in [0.25, 0.3) is 5.13 Å². The number of azo groups is 1. The van der Waals surface area contributed by atoms with E-state index in [1.807, 2.05) is 24.8 Å². The zero-order chi connectivity index (χ0) is 31.6. The van der Waals surface area contributed by atoms with Crippen LogP contribution in [-0.4, -0.2) is 38.6 Å². The van der Waals surface area contributed by atoms with E-state index in [4.69, 9.17) is 10.5 Å². The number of nitrogens with zero attached hydrogens (tertiary/aromatic N) is 6. The number of thioether (sulfide) groups is 2. The molecular weight excluding hydrogens is 607 g/mol. The van der Waals surface area contributed by atoms with Gasteiger partial charge in [-0.1, -0.05) is 121 Å². The molecule has 1 aromatic carbocycles. The fraction of sp³-hybridized carbons (Fsp3) is 0.667. The molecule has 3 rings (SSSR count). The van der Waals surface area contributed by atoms with Crippen LogP contribution in [0.25, 0.3) is 5.69 Å². The second-order valence-corrected chi connectivity index (χ2v) is 14.8. The van der Waals surface area contributed by atoms with Crippen molar-refractivity contribution in [1.82, 2.24) is 20.0 Å². The van der Waals surface area contributed by atoms with Gasteiger partial charge in [-0.2, -0.15) is 5.10 Å². The van der Waals surface area contributed by atoms with Crippen LogP contribution in [0.1, 0.15) is 116 Å². The third-order valence-electron chi connectivity index (χ3n) is 7.83. The zero-order valence-electron chi connectivity index (χ0n) is 27.5. The molecule has 8 nitrogen and oxygen atoms in total. The Morgan fingerprint density at radius 2 is 1.61 bits per heavy atom. The first-order valence-corrected chi connectivity index (χ1v) is 19.3. The summed E-state index contributed by atoms with van der Waals surface area (Å²) in [6.07, 6.45) is 18.5. The second kappa shape index (κ2) is 20.8. The van der Waals surface area contributed by atoms with E-state index in [2.05, 4.69) is 58.4 Å². The van der Waals surface area contributed by atoms with E-state index in [1.165, 1.54) is 106 Å². The number of hydrogen-bond acceptors (Lipinski definition) is 10. The molecule has 11 heteroatoms. The summed E-state index contributed by atoms with van der Waals surface area (Å²) >= 11 is 5.09. The van der Waals surface area contributed by atoms with Gasteiger partial charge < -0.3 is 10.5 Å². The predicted molar refractivity (Wildman–Crippen MR) is 190 cm³/mol. The molecule has 0 spiro atoms. The molecule has 0 fully saturated rings. The lowest BCUT2D eigenvalue weighted by Crippen LogP contribution is -2.04. The lowest BCUT2D eigenvalue weighted by atomic mass is 10.0. The number of benzene rings is 1. The molecule has 0 aliphatic heterocycles. The number of ether oxygens (including phenoxy) is 1. The highest BCUT2D eigenvalue weighted by molar-refractivity contribution is 8.01. The normalized spacial score (nSPS) is 12.4. The highest BCUT2D eigenvalue weighted by Crippen LogP contribution is 2.36. The average molecular weight is 660 g/mol. The van der Waals surface area contributed by atoms with Crippen molar-refractivity contribution in [1.29, 1.82) is 0 Å². The monoisotopic (exact) mass is 659 g/mol. The zero-order valence-corrected chi connectivity index (χ0v) is 30.0. The number of unbranched alkanes of at least 4 members (excludes halogenated alkanes) is 10. The quantitative estimate of drug-likeness (QED) is 0.0613. The highest BCUT2D eigenvalue weighted by Gasteiger charge is 2.18. The number of nitrogens with two attached hydrogens (primary N) is 1. The maximum Gasteiger partial charge on any atom is 0.252 e. The SMILES string of the molecule is CCCCCCCCCCCCSc1ccc(-n2nc(C)c(N=Nc3nnc(SCC(CC)CCCC)s3)c2N)c(OC)c1. The number of hydrogen-bond donors (Lipinski definition) is 1. The number of anilines is 1. The summed E-state index contributed by atoms with van der Waals surface area (Å²) in [6.45, 7) is 8.66. The molecule has 0 aliphatic rings. The van der Waals surface area contributed by atoms with E-state index >= 15 is 0 Å². The summed E-state index contributed by atoms with van der Waals surface area (Å²) in [5, 5.41) is 22.5. The summed E-state index contributed by atoms with van der Waals surface area (Å²) in [4.78, 5) is 1.18. The molecule has 1 unspecified atom stereocenters. The number of aromatic nitrogens is 4. The van der Waals surface area contributed by atoms with Crippen LogP contribution in [0.5, 0.6) is 5.75 Å². The molecule has 0 bridgehead atoms. The van der Waals surface area contributed by atoms with E-state index in [0.717, 1.165) is 27.3 Å². The highest BCUT2D eigenvalue weighted by atomic mass is 32.2. The first kappa shape index (κ1) is 36.4. The van der Waals surface area contributed by atoms with E-state index in [0.29, 0.717) is 28.2 Å². The molecule has 244 valence electrons. The smallest absolute Gasteiger partial charge is 0.252 e. The van der Waals surface area contributed by atoms with Gasteiger partial charge in [0.1, 0.15) is 11.4 Å². The number of aryl methyl sites for hydroxylation is 1. The van der Waals surface area contributed by atoms with Crippen molar-refractivity contribution in [3.63, 3.8) is 0 Å². The average Bonchev–Trinajstić information content (AvgIpc) is 3.61. The molecule has 44 heavy (non-hydrogen) atoms. The van der Waals surface area contributed by atoms with Crippen LogP contribution in [0.15, 0.2) is 37.7 Å². The van der Waals surface area contributed by atoms with Gasteiger partial charge in [0, 0.05) is 10.6 Å². The van der Waals surface area contributed by atoms with Gasteiger partial charge in [-0.3, -0.25) is 0 Å². The molecule has 0 aliphatic carbocycles. The minimum atomic E-state index is 0.413. The topological polar surface area (TPSA) is 104 Å². The lowest BCUT2D eigenvalue weighted by molar-refractivity contribution is 0.410. The molecule has 2 aromatic heterocycles. The van der Waals surface area contributed by atoms with E-state index in [-0.39, 0.29) is 0 Å². The van der Waals surface area contributed by atoms with Crippen LogP contribution in [0.4, 0.5) is 16.6 Å². The Labute approximate surface area is 277 Å². The maximum atomic E-state index is 6.53. The van der Waals surface area contributed by atoms with Crippen molar-refractivity contribution < 1.29 is 4.74 Å². The standard InChI is InChI=1S/C33H53N7OS3/c1-6-9-11-12-13-14-15-16-17-18-22-42-27-20-21-28(29(23-27)41-5)40-31(34)30(25(4)39-40)35-36-32-37-38-33(44-32)43-24-26(8-3)19-10-7-2/h20-21,23,26H,6-19,22,24,34H2,1-5H3. The number of methoxy groups -OCH3 is 1. The molecular formula is C33H53N7OS3. The van der Waals surface area contributed by atoms with Gasteiger partial charge in [-0.25, -0.2) is 4.68 Å².